The van der Waals surface area contributed by atoms with Crippen molar-refractivity contribution < 1.29 is 4.79 Å². The van der Waals surface area contributed by atoms with Gasteiger partial charge >= 0.3 is 0 Å². The van der Waals surface area contributed by atoms with E-state index < -0.39 is 5.54 Å². The van der Waals surface area contributed by atoms with Crippen molar-refractivity contribution in [3.05, 3.63) is 0 Å². The number of likely N-dealkylation sites (tertiary alicyclic amines) is 1. The van der Waals surface area contributed by atoms with Crippen molar-refractivity contribution in [3.8, 4) is 0 Å². The maximum Gasteiger partial charge on any atom is 0.237 e. The van der Waals surface area contributed by atoms with E-state index in [2.05, 4.69) is 17.1 Å². The molecule has 4 nitrogen and oxygen atoms in total. The van der Waals surface area contributed by atoms with Crippen LogP contribution in [0.5, 0.6) is 0 Å². The second-order valence-electron chi connectivity index (χ2n) is 7.17. The predicted octanol–water partition coefficient (Wildman–Crippen LogP) is 2.42. The zero-order valence-electron chi connectivity index (χ0n) is 13.9. The molecule has 0 aromatic rings. The number of piperidine rings is 1. The van der Waals surface area contributed by atoms with E-state index in [4.69, 9.17) is 5.73 Å². The number of rotatable bonds is 9. The summed E-state index contributed by atoms with van der Waals surface area (Å²) in [6.45, 7) is 6.71. The van der Waals surface area contributed by atoms with E-state index in [9.17, 15) is 4.79 Å². The van der Waals surface area contributed by atoms with Crippen LogP contribution < -0.4 is 11.1 Å². The first-order chi connectivity index (χ1) is 10.0. The summed E-state index contributed by atoms with van der Waals surface area (Å²) < 4.78 is 0. The molecule has 2 unspecified atom stereocenters. The van der Waals surface area contributed by atoms with Crippen molar-refractivity contribution in [2.45, 2.75) is 89.3 Å². The van der Waals surface area contributed by atoms with Gasteiger partial charge in [0.2, 0.25) is 5.91 Å². The Kier molecular flexibility index (Phi) is 6.06. The lowest BCUT2D eigenvalue weighted by Gasteiger charge is -2.35. The molecule has 1 aliphatic heterocycles. The normalized spacial score (nSPS) is 26.5. The molecule has 3 N–H and O–H groups in total. The summed E-state index contributed by atoms with van der Waals surface area (Å²) in [5, 5.41) is 3.44. The molecule has 0 aromatic heterocycles. The topological polar surface area (TPSA) is 58.4 Å². The Morgan fingerprint density at radius 2 is 2.05 bits per heavy atom. The summed E-state index contributed by atoms with van der Waals surface area (Å²) in [6.07, 6.45) is 10.9. The van der Waals surface area contributed by atoms with Gasteiger partial charge in [-0.1, -0.05) is 13.3 Å². The van der Waals surface area contributed by atoms with Gasteiger partial charge in [-0.05, 0) is 71.4 Å². The van der Waals surface area contributed by atoms with Gasteiger partial charge < -0.3 is 16.0 Å². The van der Waals surface area contributed by atoms with E-state index >= 15 is 0 Å². The second-order valence-corrected chi connectivity index (χ2v) is 7.17. The molecule has 2 fully saturated rings. The highest BCUT2D eigenvalue weighted by Crippen LogP contribution is 2.25. The molecule has 122 valence electrons. The molecule has 0 spiro atoms. The molecule has 2 aliphatic rings. The van der Waals surface area contributed by atoms with Crippen LogP contribution in [0.3, 0.4) is 0 Å². The fraction of sp³-hybridized carbons (Fsp3) is 0.941. The van der Waals surface area contributed by atoms with Gasteiger partial charge in [0.25, 0.3) is 0 Å². The first kappa shape index (κ1) is 16.8. The molecule has 1 amide bonds. The summed E-state index contributed by atoms with van der Waals surface area (Å²) in [6, 6.07) is 1.31. The number of carbonyl (C=O) groups is 1. The minimum absolute atomic E-state index is 0.196. The van der Waals surface area contributed by atoms with E-state index in [1.807, 2.05) is 6.92 Å². The Labute approximate surface area is 129 Å². The van der Waals surface area contributed by atoms with Crippen molar-refractivity contribution in [1.82, 2.24) is 10.2 Å². The average molecular weight is 295 g/mol. The van der Waals surface area contributed by atoms with E-state index in [-0.39, 0.29) is 5.91 Å². The molecule has 0 radical (unpaired) electrons. The third kappa shape index (κ3) is 4.96. The molecular formula is C17H33N3O. The molecule has 1 heterocycles. The van der Waals surface area contributed by atoms with Gasteiger partial charge in [0, 0.05) is 12.1 Å². The predicted molar refractivity (Wildman–Crippen MR) is 87.1 cm³/mol. The highest BCUT2D eigenvalue weighted by molar-refractivity contribution is 5.84. The second kappa shape index (κ2) is 7.59. The molecule has 21 heavy (non-hydrogen) atoms. The average Bonchev–Trinajstić information content (AvgIpc) is 3.27. The molecular weight excluding hydrogens is 262 g/mol. The van der Waals surface area contributed by atoms with Crippen LogP contribution in [0.4, 0.5) is 0 Å². The third-order valence-electron chi connectivity index (χ3n) is 5.24. The lowest BCUT2D eigenvalue weighted by Crippen LogP contribution is -2.54. The SMILES string of the molecule is CCC1CCCCN1CCCCC(C)(NC1CC1)C(N)=O. The number of unbranched alkanes of at least 4 members (excludes halogenated alkanes) is 1. The van der Waals surface area contributed by atoms with Crippen molar-refractivity contribution >= 4 is 5.91 Å². The minimum Gasteiger partial charge on any atom is -0.368 e. The van der Waals surface area contributed by atoms with Gasteiger partial charge in [-0.2, -0.15) is 0 Å². The molecule has 0 bridgehead atoms. The number of hydrogen-bond acceptors (Lipinski definition) is 3. The zero-order chi connectivity index (χ0) is 15.3. The first-order valence-corrected chi connectivity index (χ1v) is 8.87. The Morgan fingerprint density at radius 3 is 2.67 bits per heavy atom. The number of nitrogens with zero attached hydrogens (tertiary/aromatic N) is 1. The van der Waals surface area contributed by atoms with Crippen molar-refractivity contribution in [2.75, 3.05) is 13.1 Å². The lowest BCUT2D eigenvalue weighted by atomic mass is 9.93. The van der Waals surface area contributed by atoms with Gasteiger partial charge in [-0.15, -0.1) is 0 Å². The summed E-state index contributed by atoms with van der Waals surface area (Å²) in [5.74, 6) is -0.196. The molecule has 2 atom stereocenters. The summed E-state index contributed by atoms with van der Waals surface area (Å²) >= 11 is 0. The number of nitrogens with two attached hydrogens (primary N) is 1. The highest BCUT2D eigenvalue weighted by atomic mass is 16.1. The van der Waals surface area contributed by atoms with Crippen LogP contribution in [0.25, 0.3) is 0 Å². The molecule has 1 aliphatic carbocycles. The first-order valence-electron chi connectivity index (χ1n) is 8.87. The maximum atomic E-state index is 11.7. The van der Waals surface area contributed by atoms with E-state index in [0.29, 0.717) is 6.04 Å². The van der Waals surface area contributed by atoms with Gasteiger partial charge in [0.1, 0.15) is 0 Å². The van der Waals surface area contributed by atoms with Crippen LogP contribution in [0.2, 0.25) is 0 Å². The largest absolute Gasteiger partial charge is 0.368 e. The standard InChI is InChI=1S/C17H33N3O/c1-3-15-8-4-6-12-20(15)13-7-5-11-17(2,16(18)21)19-14-9-10-14/h14-15,19H,3-13H2,1-2H3,(H2,18,21). The fourth-order valence-electron chi connectivity index (χ4n) is 3.55. The van der Waals surface area contributed by atoms with Crippen LogP contribution in [0, 0.1) is 0 Å². The summed E-state index contributed by atoms with van der Waals surface area (Å²) in [7, 11) is 0. The molecule has 0 aromatic carbocycles. The van der Waals surface area contributed by atoms with Crippen molar-refractivity contribution in [2.24, 2.45) is 5.73 Å². The summed E-state index contributed by atoms with van der Waals surface area (Å²) in [5.41, 5.74) is 5.10. The van der Waals surface area contributed by atoms with Crippen molar-refractivity contribution in [1.29, 1.82) is 0 Å². The summed E-state index contributed by atoms with van der Waals surface area (Å²) in [4.78, 5) is 14.4. The lowest BCUT2D eigenvalue weighted by molar-refractivity contribution is -0.124. The number of carbonyl (C=O) groups excluding carboxylic acids is 1. The van der Waals surface area contributed by atoms with Gasteiger partial charge in [-0.3, -0.25) is 4.79 Å². The number of nitrogens with one attached hydrogen (secondary N) is 1. The molecule has 4 heteroatoms. The minimum atomic E-state index is -0.507. The van der Waals surface area contributed by atoms with Crippen LogP contribution in [-0.4, -0.2) is 41.5 Å². The quantitative estimate of drug-likeness (QED) is 0.642. The molecule has 1 saturated heterocycles. The van der Waals surface area contributed by atoms with Crippen LogP contribution in [-0.2, 0) is 4.79 Å². The van der Waals surface area contributed by atoms with Crippen LogP contribution in [0.15, 0.2) is 0 Å². The van der Waals surface area contributed by atoms with Crippen LogP contribution in [0.1, 0.15) is 71.6 Å². The van der Waals surface area contributed by atoms with Gasteiger partial charge in [-0.25, -0.2) is 0 Å². The third-order valence-corrected chi connectivity index (χ3v) is 5.24. The highest BCUT2D eigenvalue weighted by Gasteiger charge is 2.36. The number of amides is 1. The monoisotopic (exact) mass is 295 g/mol. The Morgan fingerprint density at radius 1 is 1.29 bits per heavy atom. The Hall–Kier alpha value is -0.610. The van der Waals surface area contributed by atoms with E-state index in [1.54, 1.807) is 0 Å². The van der Waals surface area contributed by atoms with E-state index in [0.717, 1.165) is 18.9 Å². The van der Waals surface area contributed by atoms with E-state index in [1.165, 1.54) is 58.0 Å². The fourth-order valence-corrected chi connectivity index (χ4v) is 3.55. The number of primary amides is 1. The Bertz CT molecular complexity index is 343. The van der Waals surface area contributed by atoms with Crippen molar-refractivity contribution in [3.63, 3.8) is 0 Å². The van der Waals surface area contributed by atoms with Gasteiger partial charge in [0.15, 0.2) is 0 Å². The molecule has 1 saturated carbocycles. The zero-order valence-corrected chi connectivity index (χ0v) is 13.9. The smallest absolute Gasteiger partial charge is 0.237 e. The molecule has 2 rings (SSSR count). The maximum absolute atomic E-state index is 11.7. The van der Waals surface area contributed by atoms with Crippen LogP contribution >= 0.6 is 0 Å². The van der Waals surface area contributed by atoms with Gasteiger partial charge in [0.05, 0.1) is 5.54 Å². The number of hydrogen-bond donors (Lipinski definition) is 2. The Balaban J connectivity index is 1.70.